The normalized spacial score (nSPS) is 17.1. The van der Waals surface area contributed by atoms with E-state index in [4.69, 9.17) is 73.2 Å². The third kappa shape index (κ3) is 12.3. The molecule has 2 amide bonds. The van der Waals surface area contributed by atoms with Gasteiger partial charge in [-0.3, -0.25) is 29.6 Å². The minimum absolute atomic E-state index is 0.0500. The van der Waals surface area contributed by atoms with Gasteiger partial charge in [-0.1, -0.05) is 55.4 Å². The van der Waals surface area contributed by atoms with Crippen LogP contribution >= 0.6 is 23.2 Å². The first kappa shape index (κ1) is 60.0. The molecule has 0 unspecified atom stereocenters. The Kier molecular flexibility index (Phi) is 17.6. The van der Waals surface area contributed by atoms with Crippen LogP contribution < -0.4 is 28.7 Å². The Morgan fingerprint density at radius 2 is 1.25 bits per heavy atom. The average Bonchev–Trinajstić information content (AvgIpc) is 2.42. The molecule has 0 spiro atoms. The number of rotatable bonds is 16. The Hall–Kier alpha value is -9.32. The molecule has 27 heteroatoms. The Bertz CT molecular complexity index is 4230. The highest BCUT2D eigenvalue weighted by atomic mass is 35.5. The average molecular weight is 1250 g/mol. The molecular formula is C62H60Cl2F2N16O7. The Balaban J connectivity index is 0.000000173. The summed E-state index contributed by atoms with van der Waals surface area (Å²) in [5, 5.41) is 15.3. The Labute approximate surface area is 519 Å². The van der Waals surface area contributed by atoms with E-state index in [2.05, 4.69) is 82.0 Å². The van der Waals surface area contributed by atoms with Crippen LogP contribution in [0.4, 0.5) is 20.4 Å². The molecule has 0 saturated carbocycles. The number of ether oxygens (including phenoxy) is 5. The van der Waals surface area contributed by atoms with E-state index in [1.807, 2.05) is 12.1 Å². The van der Waals surface area contributed by atoms with E-state index in [1.54, 1.807) is 41.4 Å². The number of likely N-dealkylation sites (tertiary alicyclic amines) is 1. The minimum Gasteiger partial charge on any atom is -0.456 e. The lowest BCUT2D eigenvalue weighted by molar-refractivity contribution is -0.127. The molecule has 9 aromatic rings. The number of piperazine rings is 2. The molecule has 0 bridgehead atoms. The number of H-pyrrole nitrogens is 2. The van der Waals surface area contributed by atoms with E-state index >= 15 is 0 Å². The second-order valence-electron chi connectivity index (χ2n) is 21.3. The maximum atomic E-state index is 14.7. The van der Waals surface area contributed by atoms with Gasteiger partial charge < -0.3 is 43.3 Å². The second-order valence-corrected chi connectivity index (χ2v) is 22.1. The summed E-state index contributed by atoms with van der Waals surface area (Å²) in [5.41, 5.74) is 3.87. The molecule has 2 atom stereocenters. The van der Waals surface area contributed by atoms with Gasteiger partial charge in [0.15, 0.2) is 11.5 Å². The molecule has 89 heavy (non-hydrogen) atoms. The van der Waals surface area contributed by atoms with Crippen molar-refractivity contribution in [1.82, 2.24) is 69.9 Å². The largest absolute Gasteiger partial charge is 0.456 e. The maximum absolute atomic E-state index is 14.7. The van der Waals surface area contributed by atoms with E-state index in [-0.39, 0.29) is 69.3 Å². The number of fused-ring (bicyclic) bond motifs is 5. The third-order valence-corrected chi connectivity index (χ3v) is 16.9. The fourth-order valence-electron chi connectivity index (χ4n) is 11.5. The van der Waals surface area contributed by atoms with Crippen LogP contribution in [0.1, 0.15) is 24.5 Å². The van der Waals surface area contributed by atoms with Crippen molar-refractivity contribution in [2.45, 2.75) is 38.5 Å². The topological polar surface area (TPSA) is 234 Å². The summed E-state index contributed by atoms with van der Waals surface area (Å²) in [7, 11) is 1.64. The number of aromatic nitrogens is 10. The smallest absolute Gasteiger partial charge is 0.324 e. The predicted octanol–water partition coefficient (Wildman–Crippen LogP) is 8.91. The summed E-state index contributed by atoms with van der Waals surface area (Å²) in [4.78, 5) is 64.8. The molecule has 3 fully saturated rings. The number of amides is 2. The number of likely N-dealkylation sites (N-methyl/N-ethyl adjacent to an activating group) is 1. The lowest BCUT2D eigenvalue weighted by Crippen LogP contribution is -2.48. The van der Waals surface area contributed by atoms with Crippen LogP contribution in [0.3, 0.4) is 0 Å². The molecular weight excluding hydrogens is 1190 g/mol. The summed E-state index contributed by atoms with van der Waals surface area (Å²) in [6, 6.07) is 12.3. The number of hydrogen-bond donors (Lipinski definition) is 2. The lowest BCUT2D eigenvalue weighted by Gasteiger charge is -2.35. The highest BCUT2D eigenvalue weighted by Gasteiger charge is 2.36. The first-order valence-electron chi connectivity index (χ1n) is 28.8. The zero-order chi connectivity index (χ0) is 61.9. The van der Waals surface area contributed by atoms with E-state index in [9.17, 15) is 18.4 Å². The van der Waals surface area contributed by atoms with Crippen molar-refractivity contribution in [1.29, 1.82) is 0 Å². The summed E-state index contributed by atoms with van der Waals surface area (Å²) in [6.45, 7) is 18.1. The number of halogens is 4. The predicted molar refractivity (Wildman–Crippen MR) is 331 cm³/mol. The van der Waals surface area contributed by atoms with Crippen molar-refractivity contribution in [2.24, 2.45) is 0 Å². The van der Waals surface area contributed by atoms with Crippen molar-refractivity contribution >= 4 is 90.3 Å². The number of hydrogen-bond acceptors (Lipinski definition) is 19. The number of terminal acetylenes is 1. The highest BCUT2D eigenvalue weighted by Crippen LogP contribution is 2.43. The Morgan fingerprint density at radius 1 is 0.708 bits per heavy atom. The minimum atomic E-state index is -0.675. The molecule has 6 aromatic heterocycles. The van der Waals surface area contributed by atoms with Gasteiger partial charge in [0, 0.05) is 129 Å². The van der Waals surface area contributed by atoms with Crippen LogP contribution in [0.2, 0.25) is 10.0 Å². The molecule has 0 radical (unpaired) electrons. The van der Waals surface area contributed by atoms with E-state index in [0.29, 0.717) is 139 Å². The number of nitrogens with zero attached hydrogens (tertiary/aromatic N) is 14. The van der Waals surface area contributed by atoms with Crippen LogP contribution in [-0.4, -0.2) is 186 Å². The van der Waals surface area contributed by atoms with E-state index < -0.39 is 11.6 Å². The zero-order valence-corrected chi connectivity index (χ0v) is 50.1. The van der Waals surface area contributed by atoms with Gasteiger partial charge in [0.2, 0.25) is 23.6 Å². The second kappa shape index (κ2) is 26.2. The number of carbonyl (C=O) groups excluding carboxylic acids is 2. The van der Waals surface area contributed by atoms with Gasteiger partial charge in [0.05, 0.1) is 45.0 Å². The van der Waals surface area contributed by atoms with Gasteiger partial charge in [0.25, 0.3) is 0 Å². The number of pyridine rings is 2. The van der Waals surface area contributed by atoms with Gasteiger partial charge in [0.1, 0.15) is 62.3 Å². The van der Waals surface area contributed by atoms with Crippen molar-refractivity contribution in [3.8, 4) is 53.4 Å². The molecule has 3 saturated heterocycles. The Morgan fingerprint density at radius 3 is 1.78 bits per heavy atom. The van der Waals surface area contributed by atoms with Crippen LogP contribution in [0, 0.1) is 24.0 Å². The van der Waals surface area contributed by atoms with Crippen molar-refractivity contribution < 1.29 is 42.1 Å². The van der Waals surface area contributed by atoms with Gasteiger partial charge in [-0.2, -0.15) is 30.1 Å². The SMILES string of the molecule is C#CCCN1C[C@@H](OC)[C@H](Oc2nc(N3CCN(C(=O)C=C)CC3)c3ccnc(Oc4c(Cl)c(F)cc5[nH]ncc45)c3n2)C1.C=CC(=O)N1CCN(c2nc(Oc3cccc4c3CCN(CC)C4)nc3c(Oc4c(Cl)c(F)cc5[nH]ncc45)nccc23)CC1. The molecule has 2 N–H and O–H groups in total. The number of anilines is 2. The summed E-state index contributed by atoms with van der Waals surface area (Å²) < 4.78 is 60.4. The highest BCUT2D eigenvalue weighted by molar-refractivity contribution is 6.34. The molecule has 23 nitrogen and oxygen atoms in total. The molecule has 3 aromatic carbocycles. The van der Waals surface area contributed by atoms with Crippen molar-refractivity contribution in [3.63, 3.8) is 0 Å². The number of methoxy groups -OCH3 is 1. The monoisotopic (exact) mass is 1250 g/mol. The molecule has 0 aliphatic carbocycles. The molecule has 4 aliphatic heterocycles. The summed E-state index contributed by atoms with van der Waals surface area (Å²) in [6.07, 6.45) is 15.1. The van der Waals surface area contributed by atoms with E-state index in [1.165, 1.54) is 42.2 Å². The fourth-order valence-corrected chi connectivity index (χ4v) is 11.8. The third-order valence-electron chi connectivity index (χ3n) is 16.2. The maximum Gasteiger partial charge on any atom is 0.324 e. The van der Waals surface area contributed by atoms with Gasteiger partial charge in [-0.15, -0.1) is 12.3 Å². The van der Waals surface area contributed by atoms with Crippen LogP contribution in [0.5, 0.6) is 41.0 Å². The van der Waals surface area contributed by atoms with Gasteiger partial charge >= 0.3 is 12.0 Å². The molecule has 10 heterocycles. The van der Waals surface area contributed by atoms with Crippen molar-refractivity contribution in [3.05, 3.63) is 125 Å². The quantitative estimate of drug-likeness (QED) is 0.0678. The number of benzene rings is 3. The summed E-state index contributed by atoms with van der Waals surface area (Å²) in [5.74, 6) is 3.27. The van der Waals surface area contributed by atoms with Gasteiger partial charge in [-0.25, -0.2) is 18.7 Å². The van der Waals surface area contributed by atoms with Gasteiger partial charge in [-0.05, 0) is 48.9 Å². The first-order chi connectivity index (χ1) is 43.3. The summed E-state index contributed by atoms with van der Waals surface area (Å²) >= 11 is 12.7. The van der Waals surface area contributed by atoms with E-state index in [0.717, 1.165) is 31.6 Å². The lowest BCUT2D eigenvalue weighted by atomic mass is 9.99. The van der Waals surface area contributed by atoms with Crippen LogP contribution in [0.15, 0.2) is 92.6 Å². The molecule has 458 valence electrons. The number of carbonyl (C=O) groups is 2. The molecule has 4 aliphatic rings. The fraction of sp³-hybridized carbons (Fsp3) is 0.323. The number of nitrogens with one attached hydrogen (secondary N) is 2. The molecule has 13 rings (SSSR count). The van der Waals surface area contributed by atoms with Crippen LogP contribution in [-0.2, 0) is 27.3 Å². The number of aromatic amines is 2. The van der Waals surface area contributed by atoms with Crippen LogP contribution in [0.25, 0.3) is 43.6 Å². The van der Waals surface area contributed by atoms with Crippen molar-refractivity contribution in [2.75, 3.05) is 102 Å². The standard InChI is InChI=1S/C32H30ClFN8O3.C30H30ClFN8O4/c1-3-26(43)41-12-14-42(15-13-41)30-21-8-10-35-31(45-29-22-17-36-39-24(22)16-23(34)27(29)33)28(21)37-32(38-30)44-25-7-5-6-19-18-40(4-2)11-9-20(19)25;1-4-6-9-38-16-22(42-3)23(17-38)43-30-35-26-18(28(36-30)40-12-10-39(11-13-40)24(41)5-2)7-8-33-29(26)44-27-19-15-34-37-21(19)14-20(32)25(27)31/h3,5-8,10,16-17H,1,4,9,11-15,18H2,2H3,(H,36,39);1,5,7-8,14-15,22-23H,2,6,9-13,16-17H2,3H3,(H,34,37)/t;22-,23-/m.1/s1. The zero-order valence-electron chi connectivity index (χ0n) is 48.6. The first-order valence-corrected chi connectivity index (χ1v) is 29.6.